The van der Waals surface area contributed by atoms with Crippen LogP contribution >= 0.6 is 0 Å². The molecule has 158 valence electrons. The maximum Gasteiger partial charge on any atom is 0.591 e. The molecule has 3 aliphatic rings. The van der Waals surface area contributed by atoms with E-state index in [1.807, 2.05) is 62.7 Å². The Morgan fingerprint density at radius 3 is 2.39 bits per heavy atom. The SMILES string of the molecule is CC(C)(C)[N+](C)(C)[Si](=O)c1ccc2c(c1)C1=CC3=CC=CC(=C(F)F)C3C1=CC=C2.[Ti]. The van der Waals surface area contributed by atoms with Crippen molar-refractivity contribution in [1.29, 1.82) is 0 Å². The smallest absolute Gasteiger partial charge is 0.325 e. The molecular formula is C25H26F2NOSiTi+. The van der Waals surface area contributed by atoms with E-state index in [9.17, 15) is 13.2 Å². The van der Waals surface area contributed by atoms with Crippen LogP contribution in [0.4, 0.5) is 8.78 Å². The molecule has 0 N–H and O–H groups in total. The molecule has 1 unspecified atom stereocenters. The monoisotopic (exact) mass is 470 g/mol. The van der Waals surface area contributed by atoms with E-state index in [0.717, 1.165) is 33.0 Å². The van der Waals surface area contributed by atoms with Crippen molar-refractivity contribution in [3.63, 3.8) is 0 Å². The van der Waals surface area contributed by atoms with E-state index in [1.54, 1.807) is 6.08 Å². The summed E-state index contributed by atoms with van der Waals surface area (Å²) in [5.74, 6) is -0.451. The summed E-state index contributed by atoms with van der Waals surface area (Å²) in [4.78, 5) is 0. The van der Waals surface area contributed by atoms with Crippen LogP contribution in [0.3, 0.4) is 0 Å². The summed E-state index contributed by atoms with van der Waals surface area (Å²) in [7, 11) is 1.84. The van der Waals surface area contributed by atoms with Gasteiger partial charge in [-0.1, -0.05) is 42.5 Å². The summed E-state index contributed by atoms with van der Waals surface area (Å²) in [6.07, 6.45) is 11.3. The average Bonchev–Trinajstić information content (AvgIpc) is 2.95. The van der Waals surface area contributed by atoms with Crippen molar-refractivity contribution in [2.24, 2.45) is 5.92 Å². The first kappa shape index (κ1) is 23.9. The molecule has 1 atom stereocenters. The molecule has 2 nitrogen and oxygen atoms in total. The fourth-order valence-corrected chi connectivity index (χ4v) is 5.81. The summed E-state index contributed by atoms with van der Waals surface area (Å²) >= 11 is 0. The Morgan fingerprint density at radius 2 is 1.74 bits per heavy atom. The van der Waals surface area contributed by atoms with Crippen molar-refractivity contribution in [3.05, 3.63) is 88.6 Å². The number of fused-ring (bicyclic) bond motifs is 5. The molecule has 0 fully saturated rings. The molecule has 0 amide bonds. The van der Waals surface area contributed by atoms with Gasteiger partial charge in [0.15, 0.2) is 0 Å². The molecule has 0 saturated carbocycles. The van der Waals surface area contributed by atoms with Gasteiger partial charge in [-0.3, -0.25) is 0 Å². The molecule has 0 aromatic heterocycles. The molecule has 0 radical (unpaired) electrons. The van der Waals surface area contributed by atoms with Gasteiger partial charge in [0, 0.05) is 33.2 Å². The van der Waals surface area contributed by atoms with E-state index in [1.165, 1.54) is 6.08 Å². The van der Waals surface area contributed by atoms with Crippen LogP contribution < -0.4 is 5.19 Å². The second-order valence-corrected chi connectivity index (χ2v) is 11.8. The van der Waals surface area contributed by atoms with Crippen LogP contribution in [-0.4, -0.2) is 32.6 Å². The van der Waals surface area contributed by atoms with Crippen LogP contribution in [0.5, 0.6) is 0 Å². The van der Waals surface area contributed by atoms with Crippen molar-refractivity contribution in [1.82, 2.24) is 0 Å². The van der Waals surface area contributed by atoms with Crippen LogP contribution in [-0.2, 0) is 26.2 Å². The van der Waals surface area contributed by atoms with Gasteiger partial charge in [0.25, 0.3) is 6.08 Å². The summed E-state index contributed by atoms with van der Waals surface area (Å²) < 4.78 is 41.2. The molecule has 31 heavy (non-hydrogen) atoms. The van der Waals surface area contributed by atoms with Gasteiger partial charge < -0.3 is 8.61 Å². The van der Waals surface area contributed by atoms with Gasteiger partial charge in [-0.15, -0.1) is 0 Å². The van der Waals surface area contributed by atoms with Crippen LogP contribution in [0, 0.1) is 5.92 Å². The molecule has 0 aliphatic heterocycles. The molecule has 6 heteroatoms. The minimum absolute atomic E-state index is 0. The molecule has 1 aromatic rings. The van der Waals surface area contributed by atoms with Crippen molar-refractivity contribution in [2.45, 2.75) is 26.3 Å². The van der Waals surface area contributed by atoms with Gasteiger partial charge >= 0.3 is 8.84 Å². The second-order valence-electron chi connectivity index (χ2n) is 9.45. The van der Waals surface area contributed by atoms with Crippen LogP contribution in [0.15, 0.2) is 77.5 Å². The zero-order chi connectivity index (χ0) is 21.8. The zero-order valence-electron chi connectivity index (χ0n) is 18.5. The molecule has 3 aliphatic carbocycles. The topological polar surface area (TPSA) is 17.1 Å². The Balaban J connectivity index is 0.00000272. The Kier molecular flexibility index (Phi) is 6.38. The largest absolute Gasteiger partial charge is 0.591 e. The Morgan fingerprint density at radius 1 is 1.06 bits per heavy atom. The molecule has 0 saturated heterocycles. The maximum atomic E-state index is 13.6. The van der Waals surface area contributed by atoms with Crippen LogP contribution in [0.2, 0.25) is 0 Å². The third-order valence-electron chi connectivity index (χ3n) is 6.69. The van der Waals surface area contributed by atoms with Gasteiger partial charge in [0.1, 0.15) is 0 Å². The normalized spacial score (nSPS) is 19.3. The Labute approximate surface area is 199 Å². The minimum atomic E-state index is -2.16. The van der Waals surface area contributed by atoms with E-state index >= 15 is 0 Å². The van der Waals surface area contributed by atoms with Gasteiger partial charge in [-0.25, -0.2) is 0 Å². The molecule has 0 heterocycles. The summed E-state index contributed by atoms with van der Waals surface area (Å²) in [5, 5.41) is 0.809. The minimum Gasteiger partial charge on any atom is -0.325 e. The van der Waals surface area contributed by atoms with Crippen molar-refractivity contribution >= 4 is 25.7 Å². The maximum absolute atomic E-state index is 13.6. The number of nitrogens with zero attached hydrogens (tertiary/aromatic N) is 1. The van der Waals surface area contributed by atoms with E-state index in [4.69, 9.17) is 0 Å². The first-order valence-corrected chi connectivity index (χ1v) is 11.4. The van der Waals surface area contributed by atoms with Gasteiger partial charge in [0.2, 0.25) is 0 Å². The molecular weight excluding hydrogens is 444 g/mol. The number of benzene rings is 1. The Hall–Kier alpha value is -1.79. The fraction of sp³-hybridized carbons (Fsp3) is 0.280. The fourth-order valence-electron chi connectivity index (χ4n) is 4.06. The third-order valence-corrected chi connectivity index (χ3v) is 9.18. The molecule has 4 rings (SSSR count). The molecule has 0 bridgehead atoms. The van der Waals surface area contributed by atoms with E-state index < -0.39 is 20.8 Å². The molecule has 0 spiro atoms. The Bertz CT molecular complexity index is 1140. The van der Waals surface area contributed by atoms with Crippen molar-refractivity contribution < 1.29 is 39.1 Å². The van der Waals surface area contributed by atoms with E-state index in [0.29, 0.717) is 4.15 Å². The van der Waals surface area contributed by atoms with Crippen molar-refractivity contribution in [2.75, 3.05) is 14.1 Å². The van der Waals surface area contributed by atoms with Crippen LogP contribution in [0.25, 0.3) is 11.6 Å². The van der Waals surface area contributed by atoms with Crippen molar-refractivity contribution in [3.8, 4) is 0 Å². The van der Waals surface area contributed by atoms with Gasteiger partial charge in [-0.05, 0) is 66.8 Å². The zero-order valence-corrected chi connectivity index (χ0v) is 21.0. The average molecular weight is 470 g/mol. The van der Waals surface area contributed by atoms with E-state index in [-0.39, 0.29) is 32.8 Å². The van der Waals surface area contributed by atoms with Gasteiger partial charge in [0.05, 0.1) is 24.8 Å². The quantitative estimate of drug-likeness (QED) is 0.537. The number of hydrogen-bond acceptors (Lipinski definition) is 1. The summed E-state index contributed by atoms with van der Waals surface area (Å²) in [5.41, 5.74) is 4.50. The summed E-state index contributed by atoms with van der Waals surface area (Å²) in [6.45, 7) is 6.27. The third kappa shape index (κ3) is 3.93. The number of rotatable bonds is 2. The standard InChI is InChI=1S/C25H26F2NOSi.Ti/c1-25(2,3)28(4,5)30(29)18-13-12-16-8-6-10-19-22(21(16)15-18)14-17-9-7-11-20(23(17)19)24(26)27;/h6-15,23H,1-5H3;/q+1;. The predicted molar refractivity (Wildman–Crippen MR) is 119 cm³/mol. The first-order chi connectivity index (χ1) is 14.0. The second kappa shape index (κ2) is 8.29. The number of halogens is 2. The summed E-state index contributed by atoms with van der Waals surface area (Å²) in [6, 6.07) is 5.93. The number of allylic oxidation sites excluding steroid dienone is 10. The van der Waals surface area contributed by atoms with E-state index in [2.05, 4.69) is 20.8 Å². The first-order valence-electron chi connectivity index (χ1n) is 10.1. The predicted octanol–water partition coefficient (Wildman–Crippen LogP) is 5.30. The van der Waals surface area contributed by atoms with Crippen LogP contribution in [0.1, 0.15) is 31.9 Å². The molecule has 1 aromatic carbocycles. The van der Waals surface area contributed by atoms with Gasteiger partial charge in [-0.2, -0.15) is 8.78 Å². The number of quaternary nitrogens is 1. The number of hydrogen-bond donors (Lipinski definition) is 0.